The van der Waals surface area contributed by atoms with Gasteiger partial charge in [-0.15, -0.1) is 0 Å². The Bertz CT molecular complexity index is 1100. The Morgan fingerprint density at radius 3 is 2.37 bits per heavy atom. The molecule has 0 aliphatic carbocycles. The van der Waals surface area contributed by atoms with Crippen LogP contribution in [0.4, 0.5) is 9.18 Å². The van der Waals surface area contributed by atoms with Crippen LogP contribution in [-0.4, -0.2) is 32.8 Å². The summed E-state index contributed by atoms with van der Waals surface area (Å²) in [4.78, 5) is 24.9. The molecule has 158 valence electrons. The monoisotopic (exact) mass is 452 g/mol. The van der Waals surface area contributed by atoms with Gasteiger partial charge in [-0.05, 0) is 48.9 Å². The molecule has 30 heavy (non-hydrogen) atoms. The van der Waals surface area contributed by atoms with E-state index in [-0.39, 0.29) is 22.8 Å². The third-order valence-electron chi connectivity index (χ3n) is 4.36. The lowest BCUT2D eigenvalue weighted by Gasteiger charge is -2.29. The molecule has 2 amide bonds. The van der Waals surface area contributed by atoms with Crippen molar-refractivity contribution in [2.24, 2.45) is 0 Å². The lowest BCUT2D eigenvalue weighted by atomic mass is 9.95. The van der Waals surface area contributed by atoms with Crippen LogP contribution in [0, 0.1) is 5.82 Å². The Kier molecular flexibility index (Phi) is 6.42. The van der Waals surface area contributed by atoms with Gasteiger partial charge in [-0.1, -0.05) is 23.7 Å². The Labute approximate surface area is 177 Å². The van der Waals surface area contributed by atoms with Gasteiger partial charge in [-0.3, -0.25) is 0 Å². The summed E-state index contributed by atoms with van der Waals surface area (Å²) in [6, 6.07) is 8.98. The van der Waals surface area contributed by atoms with Crippen molar-refractivity contribution in [1.29, 1.82) is 0 Å². The zero-order chi connectivity index (χ0) is 21.9. The second-order valence-electron chi connectivity index (χ2n) is 6.41. The number of sulfone groups is 1. The number of nitrogens with one attached hydrogen (secondary N) is 2. The van der Waals surface area contributed by atoms with Gasteiger partial charge in [0.1, 0.15) is 5.82 Å². The first-order chi connectivity index (χ1) is 14.2. The van der Waals surface area contributed by atoms with Gasteiger partial charge in [0, 0.05) is 10.7 Å². The van der Waals surface area contributed by atoms with E-state index in [1.807, 2.05) is 0 Å². The highest BCUT2D eigenvalue weighted by Crippen LogP contribution is 2.29. The molecule has 0 unspecified atom stereocenters. The average molecular weight is 453 g/mol. The minimum Gasteiger partial charge on any atom is -0.463 e. The van der Waals surface area contributed by atoms with Gasteiger partial charge in [0.2, 0.25) is 0 Å². The molecule has 0 bridgehead atoms. The van der Waals surface area contributed by atoms with Gasteiger partial charge in [0.15, 0.2) is 9.84 Å². The summed E-state index contributed by atoms with van der Waals surface area (Å²) >= 11 is 5.81. The molecular formula is C20H18ClFN2O5S. The van der Waals surface area contributed by atoms with Crippen LogP contribution >= 0.6 is 11.6 Å². The molecule has 2 N–H and O–H groups in total. The summed E-state index contributed by atoms with van der Waals surface area (Å²) in [7, 11) is -3.92. The number of benzene rings is 2. The Morgan fingerprint density at radius 1 is 1.13 bits per heavy atom. The lowest BCUT2D eigenvalue weighted by molar-refractivity contribution is -0.139. The molecule has 0 fully saturated rings. The second kappa shape index (κ2) is 8.85. The highest BCUT2D eigenvalue weighted by molar-refractivity contribution is 7.91. The van der Waals surface area contributed by atoms with Crippen molar-refractivity contribution in [2.45, 2.75) is 17.9 Å². The topological polar surface area (TPSA) is 102 Å². The molecule has 0 radical (unpaired) electrons. The van der Waals surface area contributed by atoms with Crippen molar-refractivity contribution in [3.05, 3.63) is 76.2 Å². The third-order valence-corrected chi connectivity index (χ3v) is 6.27. The number of carbonyl (C=O) groups excluding carboxylic acids is 2. The second-order valence-corrected chi connectivity index (χ2v) is 8.83. The number of rotatable bonds is 6. The number of ether oxygens (including phenoxy) is 1. The van der Waals surface area contributed by atoms with Crippen LogP contribution in [0.1, 0.15) is 18.5 Å². The van der Waals surface area contributed by atoms with Crippen LogP contribution in [0.2, 0.25) is 5.02 Å². The molecule has 0 saturated heterocycles. The van der Waals surface area contributed by atoms with Crippen molar-refractivity contribution < 1.29 is 27.1 Å². The summed E-state index contributed by atoms with van der Waals surface area (Å²) in [5.74, 6) is -1.93. The summed E-state index contributed by atoms with van der Waals surface area (Å²) in [6.07, 6.45) is 0. The first-order valence-electron chi connectivity index (χ1n) is 8.92. The van der Waals surface area contributed by atoms with Crippen LogP contribution in [0.15, 0.2) is 64.7 Å². The van der Waals surface area contributed by atoms with Gasteiger partial charge >= 0.3 is 12.0 Å². The van der Waals surface area contributed by atoms with Crippen LogP contribution in [-0.2, 0) is 19.4 Å². The van der Waals surface area contributed by atoms with Crippen molar-refractivity contribution in [3.8, 4) is 0 Å². The Hall–Kier alpha value is -2.91. The smallest absolute Gasteiger partial charge is 0.338 e. The molecule has 2 aromatic carbocycles. The minimum absolute atomic E-state index is 0.0197. The van der Waals surface area contributed by atoms with Gasteiger partial charge < -0.3 is 15.4 Å². The predicted octanol–water partition coefficient (Wildman–Crippen LogP) is 3.12. The number of halogens is 2. The van der Waals surface area contributed by atoms with Crippen molar-refractivity contribution in [3.63, 3.8) is 0 Å². The molecule has 0 aromatic heterocycles. The van der Waals surface area contributed by atoms with Crippen LogP contribution in [0.5, 0.6) is 0 Å². The number of esters is 1. The quantitative estimate of drug-likeness (QED) is 0.656. The standard InChI is InChI=1S/C20H18ClFN2O5S/c1-2-29-19(25)17-16(11-30(27,28)15-9-5-13(21)6-10-15)23-20(26)24-18(17)12-3-7-14(22)8-4-12/h3-10,18H,2,11H2,1H3,(H2,23,24,26)/t18-/m0/s1. The Morgan fingerprint density at radius 2 is 1.77 bits per heavy atom. The predicted molar refractivity (Wildman–Crippen MR) is 108 cm³/mol. The van der Waals surface area contributed by atoms with E-state index in [1.165, 1.54) is 48.5 Å². The van der Waals surface area contributed by atoms with E-state index in [0.29, 0.717) is 10.6 Å². The van der Waals surface area contributed by atoms with E-state index in [9.17, 15) is 22.4 Å². The molecular weight excluding hydrogens is 435 g/mol. The number of hydrogen-bond donors (Lipinski definition) is 2. The fourth-order valence-corrected chi connectivity index (χ4v) is 4.45. The molecule has 10 heteroatoms. The number of amides is 2. The molecule has 1 heterocycles. The van der Waals surface area contributed by atoms with E-state index >= 15 is 0 Å². The van der Waals surface area contributed by atoms with E-state index in [4.69, 9.17) is 16.3 Å². The normalized spacial score (nSPS) is 16.6. The zero-order valence-electron chi connectivity index (χ0n) is 15.8. The molecule has 1 aliphatic heterocycles. The Balaban J connectivity index is 2.08. The highest BCUT2D eigenvalue weighted by Gasteiger charge is 2.35. The summed E-state index contributed by atoms with van der Waals surface area (Å²) in [5.41, 5.74) is 0.220. The van der Waals surface area contributed by atoms with E-state index in [2.05, 4.69) is 10.6 Å². The SMILES string of the molecule is CCOC(=O)C1=C(CS(=O)(=O)c2ccc(Cl)cc2)NC(=O)N[C@H]1c1ccc(F)cc1. The fourth-order valence-electron chi connectivity index (χ4n) is 3.00. The molecule has 3 rings (SSSR count). The highest BCUT2D eigenvalue weighted by atomic mass is 35.5. The van der Waals surface area contributed by atoms with Gasteiger partial charge in [0.05, 0.1) is 28.9 Å². The largest absolute Gasteiger partial charge is 0.463 e. The van der Waals surface area contributed by atoms with Gasteiger partial charge in [-0.2, -0.15) is 0 Å². The fraction of sp³-hybridized carbons (Fsp3) is 0.200. The summed E-state index contributed by atoms with van der Waals surface area (Å²) < 4.78 is 44.2. The van der Waals surface area contributed by atoms with Crippen molar-refractivity contribution in [1.82, 2.24) is 10.6 Å². The van der Waals surface area contributed by atoms with E-state index in [1.54, 1.807) is 6.92 Å². The molecule has 2 aromatic rings. The number of carbonyl (C=O) groups is 2. The zero-order valence-corrected chi connectivity index (χ0v) is 17.4. The summed E-state index contributed by atoms with van der Waals surface area (Å²) in [6.45, 7) is 1.65. The van der Waals surface area contributed by atoms with Crippen molar-refractivity contribution in [2.75, 3.05) is 12.4 Å². The lowest BCUT2D eigenvalue weighted by Crippen LogP contribution is -2.47. The maximum Gasteiger partial charge on any atom is 0.338 e. The van der Waals surface area contributed by atoms with Gasteiger partial charge in [-0.25, -0.2) is 22.4 Å². The summed E-state index contributed by atoms with van der Waals surface area (Å²) in [5, 5.41) is 5.33. The van der Waals surface area contributed by atoms with Gasteiger partial charge in [0.25, 0.3) is 0 Å². The molecule has 0 spiro atoms. The van der Waals surface area contributed by atoms with Crippen LogP contribution in [0.25, 0.3) is 0 Å². The maximum absolute atomic E-state index is 13.3. The van der Waals surface area contributed by atoms with E-state index in [0.717, 1.165) is 0 Å². The van der Waals surface area contributed by atoms with Crippen LogP contribution in [0.3, 0.4) is 0 Å². The van der Waals surface area contributed by atoms with Crippen molar-refractivity contribution >= 4 is 33.4 Å². The first-order valence-corrected chi connectivity index (χ1v) is 11.0. The van der Waals surface area contributed by atoms with E-state index < -0.39 is 39.4 Å². The molecule has 0 saturated carbocycles. The first kappa shape index (κ1) is 21.8. The molecule has 1 atom stereocenters. The number of hydrogen-bond acceptors (Lipinski definition) is 5. The third kappa shape index (κ3) is 4.80. The number of urea groups is 1. The van der Waals surface area contributed by atoms with Crippen LogP contribution < -0.4 is 10.6 Å². The molecule has 7 nitrogen and oxygen atoms in total. The minimum atomic E-state index is -3.92. The molecule has 1 aliphatic rings. The average Bonchev–Trinajstić information content (AvgIpc) is 2.68. The maximum atomic E-state index is 13.3.